The lowest BCUT2D eigenvalue weighted by Gasteiger charge is -2.18. The number of halogens is 3. The molecule has 0 saturated heterocycles. The van der Waals surface area contributed by atoms with Crippen molar-refractivity contribution in [1.29, 1.82) is 5.41 Å². The Morgan fingerprint density at radius 3 is 2.50 bits per heavy atom. The molecule has 0 spiro atoms. The minimum Gasteiger partial charge on any atom is -0.379 e. The molecule has 3 N–H and O–H groups in total. The van der Waals surface area contributed by atoms with Crippen molar-refractivity contribution in [3.05, 3.63) is 70.3 Å². The lowest BCUT2D eigenvalue weighted by Crippen LogP contribution is -2.26. The van der Waals surface area contributed by atoms with E-state index < -0.39 is 17.3 Å². The van der Waals surface area contributed by atoms with Crippen molar-refractivity contribution in [2.45, 2.75) is 11.9 Å². The van der Waals surface area contributed by atoms with E-state index >= 15 is 0 Å². The lowest BCUT2D eigenvalue weighted by atomic mass is 10.1. The van der Waals surface area contributed by atoms with Gasteiger partial charge in [0.15, 0.2) is 5.17 Å². The van der Waals surface area contributed by atoms with Gasteiger partial charge in [0.25, 0.3) is 5.56 Å². The summed E-state index contributed by atoms with van der Waals surface area (Å²) in [6.07, 6.45) is -4.63. The fourth-order valence-electron chi connectivity index (χ4n) is 2.57. The number of alkyl halides is 3. The van der Waals surface area contributed by atoms with Gasteiger partial charge in [-0.25, -0.2) is 4.98 Å². The van der Waals surface area contributed by atoms with Crippen LogP contribution in [0, 0.1) is 5.41 Å². The zero-order valence-electron chi connectivity index (χ0n) is 13.2. The van der Waals surface area contributed by atoms with E-state index in [2.05, 4.69) is 4.98 Å². The van der Waals surface area contributed by atoms with Crippen molar-refractivity contribution in [2.24, 2.45) is 5.73 Å². The number of benzene rings is 2. The maximum atomic E-state index is 13.4. The highest BCUT2D eigenvalue weighted by Gasteiger charge is 2.34. The van der Waals surface area contributed by atoms with Gasteiger partial charge >= 0.3 is 6.18 Å². The van der Waals surface area contributed by atoms with Crippen molar-refractivity contribution in [2.75, 3.05) is 0 Å². The molecule has 3 aromatic rings. The molecule has 1 aromatic heterocycles. The number of fused-ring (bicyclic) bond motifs is 1. The Morgan fingerprint density at radius 2 is 1.81 bits per heavy atom. The number of hydrogen-bond acceptors (Lipinski definition) is 4. The summed E-state index contributed by atoms with van der Waals surface area (Å²) >= 11 is 0.881. The molecule has 26 heavy (non-hydrogen) atoms. The molecular formula is C17H13F3N4OS. The van der Waals surface area contributed by atoms with Gasteiger partial charge < -0.3 is 5.73 Å². The summed E-state index contributed by atoms with van der Waals surface area (Å²) in [7, 11) is 0. The number of thioether (sulfide) groups is 1. The van der Waals surface area contributed by atoms with Crippen LogP contribution in [0.2, 0.25) is 0 Å². The molecule has 0 unspecified atom stereocenters. The largest absolute Gasteiger partial charge is 0.418 e. The van der Waals surface area contributed by atoms with Crippen LogP contribution in [0.3, 0.4) is 0 Å². The van der Waals surface area contributed by atoms with Crippen molar-refractivity contribution < 1.29 is 13.2 Å². The van der Waals surface area contributed by atoms with E-state index in [1.165, 1.54) is 24.3 Å². The zero-order chi connectivity index (χ0) is 18.9. The summed E-state index contributed by atoms with van der Waals surface area (Å²) in [4.78, 5) is 17.3. The number of nitrogens with two attached hydrogens (primary N) is 1. The molecule has 2 aromatic carbocycles. The van der Waals surface area contributed by atoms with Gasteiger partial charge in [0.05, 0.1) is 27.9 Å². The molecule has 0 bridgehead atoms. The first-order valence-electron chi connectivity index (χ1n) is 7.43. The minimum atomic E-state index is -4.63. The van der Waals surface area contributed by atoms with Crippen molar-refractivity contribution in [3.8, 4) is 5.69 Å². The first kappa shape index (κ1) is 18.0. The Labute approximate surface area is 150 Å². The van der Waals surface area contributed by atoms with E-state index in [9.17, 15) is 18.0 Å². The number of amidine groups is 1. The average molecular weight is 378 g/mol. The zero-order valence-corrected chi connectivity index (χ0v) is 14.1. The van der Waals surface area contributed by atoms with Crippen LogP contribution in [0.4, 0.5) is 13.2 Å². The third-order valence-electron chi connectivity index (χ3n) is 3.65. The first-order chi connectivity index (χ1) is 12.3. The van der Waals surface area contributed by atoms with Gasteiger partial charge in [-0.2, -0.15) is 13.2 Å². The quantitative estimate of drug-likeness (QED) is 0.539. The average Bonchev–Trinajstić information content (AvgIpc) is 2.59. The summed E-state index contributed by atoms with van der Waals surface area (Å²) in [6, 6.07) is 11.3. The smallest absolute Gasteiger partial charge is 0.379 e. The van der Waals surface area contributed by atoms with E-state index in [1.807, 2.05) is 0 Å². The van der Waals surface area contributed by atoms with Crippen molar-refractivity contribution in [1.82, 2.24) is 9.55 Å². The topological polar surface area (TPSA) is 84.8 Å². The molecule has 9 heteroatoms. The highest BCUT2D eigenvalue weighted by Crippen LogP contribution is 2.34. The Balaban J connectivity index is 2.34. The number of nitrogens with zero attached hydrogens (tertiary/aromatic N) is 2. The molecule has 0 radical (unpaired) electrons. The molecular weight excluding hydrogens is 365 g/mol. The van der Waals surface area contributed by atoms with Crippen LogP contribution in [-0.2, 0) is 11.9 Å². The molecule has 0 aliphatic heterocycles. The molecule has 0 amide bonds. The van der Waals surface area contributed by atoms with E-state index in [4.69, 9.17) is 11.1 Å². The molecule has 134 valence electrons. The molecule has 0 saturated carbocycles. The maximum Gasteiger partial charge on any atom is 0.418 e. The van der Waals surface area contributed by atoms with Gasteiger partial charge in [-0.05, 0) is 24.3 Å². The van der Waals surface area contributed by atoms with Crippen molar-refractivity contribution in [3.63, 3.8) is 0 Å². The van der Waals surface area contributed by atoms with Crippen molar-refractivity contribution >= 4 is 27.8 Å². The Bertz CT molecular complexity index is 1050. The van der Waals surface area contributed by atoms with Crippen LogP contribution in [0.15, 0.2) is 53.3 Å². The van der Waals surface area contributed by atoms with Gasteiger partial charge in [-0.15, -0.1) is 0 Å². The molecule has 0 aliphatic carbocycles. The standard InChI is InChI=1S/C17H13F3N4OS/c18-17(19,20)11-6-2-4-8-13(11)24-14(9-26-16(21)22)23-12-7-3-1-5-10(12)15(24)25/h1-8H,9H2,(H3,21,22). The SMILES string of the molecule is N=C(N)SCc1nc2ccccc2c(=O)n1-c1ccccc1C(F)(F)F. The predicted octanol–water partition coefficient (Wildman–Crippen LogP) is 3.53. The van der Waals surface area contributed by atoms with Crippen LogP contribution in [0.1, 0.15) is 11.4 Å². The second-order valence-corrected chi connectivity index (χ2v) is 6.37. The normalized spacial score (nSPS) is 11.7. The third-order valence-corrected chi connectivity index (χ3v) is 4.37. The molecule has 1 heterocycles. The fraction of sp³-hybridized carbons (Fsp3) is 0.118. The van der Waals surface area contributed by atoms with E-state index in [0.29, 0.717) is 5.52 Å². The molecule has 5 nitrogen and oxygen atoms in total. The molecule has 0 atom stereocenters. The fourth-order valence-corrected chi connectivity index (χ4v) is 3.05. The Hall–Kier alpha value is -2.81. The highest BCUT2D eigenvalue weighted by atomic mass is 32.2. The van der Waals surface area contributed by atoms with Crippen LogP contribution in [-0.4, -0.2) is 14.7 Å². The second-order valence-electron chi connectivity index (χ2n) is 5.35. The number of hydrogen-bond donors (Lipinski definition) is 2. The third kappa shape index (κ3) is 3.43. The van der Waals surface area contributed by atoms with Crippen LogP contribution < -0.4 is 11.3 Å². The minimum absolute atomic E-state index is 0.0123. The maximum absolute atomic E-state index is 13.4. The van der Waals surface area contributed by atoms with Gasteiger partial charge in [0, 0.05) is 0 Å². The van der Waals surface area contributed by atoms with Gasteiger partial charge in [-0.3, -0.25) is 14.8 Å². The Morgan fingerprint density at radius 1 is 1.15 bits per heavy atom. The highest BCUT2D eigenvalue weighted by molar-refractivity contribution is 8.13. The summed E-state index contributed by atoms with van der Waals surface area (Å²) < 4.78 is 41.2. The van der Waals surface area contributed by atoms with E-state index in [0.717, 1.165) is 22.4 Å². The van der Waals surface area contributed by atoms with E-state index in [1.54, 1.807) is 18.2 Å². The number of para-hydroxylation sites is 2. The summed E-state index contributed by atoms with van der Waals surface area (Å²) in [5, 5.41) is 7.31. The summed E-state index contributed by atoms with van der Waals surface area (Å²) in [5.41, 5.74) is 3.86. The monoisotopic (exact) mass is 378 g/mol. The van der Waals surface area contributed by atoms with Gasteiger partial charge in [0.1, 0.15) is 5.82 Å². The molecule has 3 rings (SSSR count). The van der Waals surface area contributed by atoms with Crippen LogP contribution in [0.25, 0.3) is 16.6 Å². The van der Waals surface area contributed by atoms with E-state index in [-0.39, 0.29) is 27.8 Å². The second kappa shape index (κ2) is 6.83. The van der Waals surface area contributed by atoms with Crippen LogP contribution >= 0.6 is 11.8 Å². The molecule has 0 aliphatic rings. The summed E-state index contributed by atoms with van der Waals surface area (Å²) in [5.74, 6) is 0.0762. The first-order valence-corrected chi connectivity index (χ1v) is 8.41. The number of aromatic nitrogens is 2. The summed E-state index contributed by atoms with van der Waals surface area (Å²) in [6.45, 7) is 0. The Kier molecular flexibility index (Phi) is 4.73. The lowest BCUT2D eigenvalue weighted by molar-refractivity contribution is -0.137. The van der Waals surface area contributed by atoms with Crippen LogP contribution in [0.5, 0.6) is 0 Å². The number of nitrogens with one attached hydrogen (secondary N) is 1. The van der Waals surface area contributed by atoms with Gasteiger partial charge in [0.2, 0.25) is 0 Å². The predicted molar refractivity (Wildman–Crippen MR) is 95.6 cm³/mol. The number of rotatable bonds is 3. The van der Waals surface area contributed by atoms with Gasteiger partial charge in [-0.1, -0.05) is 36.0 Å². The molecule has 0 fully saturated rings.